The summed E-state index contributed by atoms with van der Waals surface area (Å²) in [6.45, 7) is 0. The summed E-state index contributed by atoms with van der Waals surface area (Å²) in [5, 5.41) is 16.0. The molecule has 150 valence electrons. The number of phenolic OH excluding ortho intramolecular Hbond substituents is 1. The van der Waals surface area contributed by atoms with Crippen molar-refractivity contribution < 1.29 is 32.6 Å². The highest BCUT2D eigenvalue weighted by atomic mass is 19.4. The maximum Gasteiger partial charge on any atom is 0.471 e. The van der Waals surface area contributed by atoms with Crippen LogP contribution in [0.4, 0.5) is 18.9 Å². The minimum Gasteiger partial charge on any atom is -0.504 e. The molecule has 0 aliphatic carbocycles. The number of hydrogen-bond acceptors (Lipinski definition) is 5. The second-order valence-electron chi connectivity index (χ2n) is 5.84. The van der Waals surface area contributed by atoms with Gasteiger partial charge in [0.25, 0.3) is 5.91 Å². The molecule has 1 aliphatic heterocycles. The molecule has 0 fully saturated rings. The van der Waals surface area contributed by atoms with E-state index in [1.807, 2.05) is 0 Å². The van der Waals surface area contributed by atoms with Crippen LogP contribution < -0.4 is 15.1 Å². The number of nitrogens with zero attached hydrogens (tertiary/aromatic N) is 2. The van der Waals surface area contributed by atoms with Crippen LogP contribution in [-0.4, -0.2) is 36.0 Å². The Morgan fingerprint density at radius 3 is 2.52 bits per heavy atom. The van der Waals surface area contributed by atoms with Crippen molar-refractivity contribution >= 4 is 29.4 Å². The van der Waals surface area contributed by atoms with Gasteiger partial charge in [0, 0.05) is 0 Å². The molecule has 0 spiro atoms. The van der Waals surface area contributed by atoms with E-state index < -0.39 is 23.8 Å². The molecule has 10 heteroatoms. The summed E-state index contributed by atoms with van der Waals surface area (Å²) in [6, 6.07) is 12.1. The van der Waals surface area contributed by atoms with Gasteiger partial charge in [0.1, 0.15) is 0 Å². The monoisotopic (exact) mass is 405 g/mol. The van der Waals surface area contributed by atoms with E-state index in [9.17, 15) is 27.9 Å². The Labute approximate surface area is 162 Å². The Morgan fingerprint density at radius 2 is 1.90 bits per heavy atom. The minimum absolute atomic E-state index is 0.0996. The van der Waals surface area contributed by atoms with Crippen molar-refractivity contribution in [2.24, 2.45) is 5.10 Å². The van der Waals surface area contributed by atoms with Crippen molar-refractivity contribution in [3.63, 3.8) is 0 Å². The fraction of sp³-hybridized carbons (Fsp3) is 0.105. The van der Waals surface area contributed by atoms with Gasteiger partial charge < -0.3 is 15.2 Å². The fourth-order valence-electron chi connectivity index (χ4n) is 2.51. The molecule has 7 nitrogen and oxygen atoms in total. The average molecular weight is 405 g/mol. The van der Waals surface area contributed by atoms with Crippen LogP contribution >= 0.6 is 0 Å². The summed E-state index contributed by atoms with van der Waals surface area (Å²) in [7, 11) is 1.32. The molecule has 0 saturated heterocycles. The first kappa shape index (κ1) is 19.9. The van der Waals surface area contributed by atoms with Crippen LogP contribution in [0, 0.1) is 0 Å². The third-order valence-electron chi connectivity index (χ3n) is 3.88. The number of hydrogen-bond donors (Lipinski definition) is 2. The van der Waals surface area contributed by atoms with Gasteiger partial charge >= 0.3 is 12.1 Å². The number of carbonyl (C=O) groups excluding carboxylic acids is 2. The molecule has 29 heavy (non-hydrogen) atoms. The number of para-hydroxylation sites is 1. The predicted molar refractivity (Wildman–Crippen MR) is 98.2 cm³/mol. The van der Waals surface area contributed by atoms with E-state index in [1.165, 1.54) is 43.5 Å². The normalized spacial score (nSPS) is 15.4. The lowest BCUT2D eigenvalue weighted by atomic mass is 10.1. The molecular weight excluding hydrogens is 391 g/mol. The Kier molecular flexibility index (Phi) is 5.26. The summed E-state index contributed by atoms with van der Waals surface area (Å²) in [6.07, 6.45) is -3.92. The van der Waals surface area contributed by atoms with Crippen LogP contribution in [0.25, 0.3) is 6.08 Å². The molecule has 0 saturated carbocycles. The molecule has 2 N–H and O–H groups in total. The van der Waals surface area contributed by atoms with Gasteiger partial charge in [0.15, 0.2) is 17.3 Å². The molecule has 2 aromatic carbocycles. The Bertz CT molecular complexity index is 1020. The van der Waals surface area contributed by atoms with Crippen LogP contribution in [0.2, 0.25) is 0 Å². The van der Waals surface area contributed by atoms with Crippen molar-refractivity contribution in [3.05, 3.63) is 59.7 Å². The number of ether oxygens (including phenoxy) is 1. The lowest BCUT2D eigenvalue weighted by molar-refractivity contribution is -0.171. The number of phenols is 1. The smallest absolute Gasteiger partial charge is 0.471 e. The van der Waals surface area contributed by atoms with Gasteiger partial charge in [0.05, 0.1) is 18.4 Å². The van der Waals surface area contributed by atoms with E-state index in [0.29, 0.717) is 11.3 Å². The van der Waals surface area contributed by atoms with Crippen LogP contribution in [0.15, 0.2) is 59.2 Å². The van der Waals surface area contributed by atoms with Gasteiger partial charge in [-0.05, 0) is 35.9 Å². The van der Waals surface area contributed by atoms with Gasteiger partial charge in [-0.25, -0.2) is 0 Å². The number of nitrogens with one attached hydrogen (secondary N) is 1. The van der Waals surface area contributed by atoms with Gasteiger partial charge in [-0.3, -0.25) is 9.59 Å². The largest absolute Gasteiger partial charge is 0.504 e. The quantitative estimate of drug-likeness (QED) is 0.769. The van der Waals surface area contributed by atoms with E-state index in [4.69, 9.17) is 4.74 Å². The second kappa shape index (κ2) is 7.66. The highest BCUT2D eigenvalue weighted by molar-refractivity contribution is 6.34. The van der Waals surface area contributed by atoms with Gasteiger partial charge in [0.2, 0.25) is 0 Å². The summed E-state index contributed by atoms with van der Waals surface area (Å²) < 4.78 is 43.0. The van der Waals surface area contributed by atoms with Gasteiger partial charge in [-0.2, -0.15) is 18.2 Å². The number of halogens is 3. The summed E-state index contributed by atoms with van der Waals surface area (Å²) >= 11 is 0. The number of rotatable bonds is 3. The number of aromatic hydroxyl groups is 1. The third kappa shape index (κ3) is 4.21. The molecule has 3 rings (SSSR count). The van der Waals surface area contributed by atoms with Crippen molar-refractivity contribution in [2.75, 3.05) is 12.1 Å². The number of benzene rings is 2. The number of methoxy groups -OCH3 is 1. The van der Waals surface area contributed by atoms with Crippen molar-refractivity contribution in [1.82, 2.24) is 5.32 Å². The first-order chi connectivity index (χ1) is 13.7. The van der Waals surface area contributed by atoms with E-state index in [-0.39, 0.29) is 17.1 Å². The van der Waals surface area contributed by atoms with Crippen LogP contribution in [0.5, 0.6) is 11.5 Å². The van der Waals surface area contributed by atoms with Crippen molar-refractivity contribution in [1.29, 1.82) is 0 Å². The maximum atomic E-state index is 12.8. The first-order valence-electron chi connectivity index (χ1n) is 8.16. The molecule has 1 heterocycles. The van der Waals surface area contributed by atoms with E-state index >= 15 is 0 Å². The first-order valence-corrected chi connectivity index (χ1v) is 8.16. The van der Waals surface area contributed by atoms with Crippen molar-refractivity contribution in [3.8, 4) is 11.5 Å². The predicted octanol–water partition coefficient (Wildman–Crippen LogP) is 2.82. The number of alkyl halides is 3. The molecule has 0 unspecified atom stereocenters. The molecule has 0 bridgehead atoms. The van der Waals surface area contributed by atoms with Crippen LogP contribution in [0.3, 0.4) is 0 Å². The number of anilines is 1. The van der Waals surface area contributed by atoms with Crippen LogP contribution in [-0.2, 0) is 9.59 Å². The standard InChI is InChI=1S/C19H14F3N3O4/c1-29-15-10-11(7-8-14(15)26)9-13-16(23-18(28)19(20,21)22)24-25(17(13)27)12-5-3-2-4-6-12/h2-10,26H,1H3,(H,23,24,28). The molecule has 0 aromatic heterocycles. The fourth-order valence-corrected chi connectivity index (χ4v) is 2.51. The zero-order valence-corrected chi connectivity index (χ0v) is 14.9. The summed E-state index contributed by atoms with van der Waals surface area (Å²) in [5.41, 5.74) is 0.383. The Hall–Kier alpha value is -3.82. The van der Waals surface area contributed by atoms with E-state index in [0.717, 1.165) is 5.01 Å². The topological polar surface area (TPSA) is 91.2 Å². The minimum atomic E-state index is -5.15. The lowest BCUT2D eigenvalue weighted by Crippen LogP contribution is -2.41. The van der Waals surface area contributed by atoms with Crippen molar-refractivity contribution in [2.45, 2.75) is 6.18 Å². The van der Waals surface area contributed by atoms with E-state index in [2.05, 4.69) is 5.10 Å². The zero-order valence-electron chi connectivity index (χ0n) is 14.9. The summed E-state index contributed by atoms with van der Waals surface area (Å²) in [4.78, 5) is 24.2. The molecule has 1 aliphatic rings. The lowest BCUT2D eigenvalue weighted by Gasteiger charge is -2.10. The van der Waals surface area contributed by atoms with Gasteiger partial charge in [-0.15, -0.1) is 5.10 Å². The molecular formula is C19H14F3N3O4. The number of amidine groups is 1. The maximum absolute atomic E-state index is 12.8. The molecule has 2 amide bonds. The average Bonchev–Trinajstić information content (AvgIpc) is 2.99. The van der Waals surface area contributed by atoms with Gasteiger partial charge in [-0.1, -0.05) is 24.3 Å². The number of carbonyl (C=O) groups is 2. The SMILES string of the molecule is COc1cc(C=C2C(=O)N(c3ccccc3)N=C2NC(=O)C(F)(F)F)ccc1O. The second-order valence-corrected chi connectivity index (χ2v) is 5.84. The highest BCUT2D eigenvalue weighted by Crippen LogP contribution is 2.29. The molecule has 0 radical (unpaired) electrons. The van der Waals surface area contributed by atoms with Crippen LogP contribution in [0.1, 0.15) is 5.56 Å². The number of amides is 2. The molecule has 2 aromatic rings. The zero-order chi connectivity index (χ0) is 21.2. The number of hydrazone groups is 1. The third-order valence-corrected chi connectivity index (χ3v) is 3.88. The highest BCUT2D eigenvalue weighted by Gasteiger charge is 2.42. The Morgan fingerprint density at radius 1 is 1.21 bits per heavy atom. The summed E-state index contributed by atoms with van der Waals surface area (Å²) in [5.74, 6) is -3.60. The Balaban J connectivity index is 2.04. The van der Waals surface area contributed by atoms with E-state index in [1.54, 1.807) is 23.5 Å². The molecule has 0 atom stereocenters.